The third kappa shape index (κ3) is 7.25. The first-order chi connectivity index (χ1) is 24.8. The van der Waals surface area contributed by atoms with Gasteiger partial charge in [0.1, 0.15) is 12.1 Å². The van der Waals surface area contributed by atoms with Crippen LogP contribution in [0.25, 0.3) is 16.9 Å². The van der Waals surface area contributed by atoms with Gasteiger partial charge in [0.15, 0.2) is 5.84 Å². The first kappa shape index (κ1) is 35.5. The van der Waals surface area contributed by atoms with Gasteiger partial charge < -0.3 is 9.84 Å². The van der Waals surface area contributed by atoms with Gasteiger partial charge in [0, 0.05) is 23.6 Å². The van der Waals surface area contributed by atoms with E-state index < -0.39 is 12.0 Å². The fourth-order valence-electron chi connectivity index (χ4n) is 8.25. The highest BCUT2D eigenvalue weighted by Crippen LogP contribution is 2.44. The number of nitrogens with zero attached hydrogens (tertiary/aromatic N) is 5. The predicted molar refractivity (Wildman–Crippen MR) is 195 cm³/mol. The smallest absolute Gasteiger partial charge is 0.282 e. The molecule has 7 rings (SSSR count). The number of halogens is 1. The van der Waals surface area contributed by atoms with Gasteiger partial charge in [-0.05, 0) is 98.8 Å². The largest absolute Gasteiger partial charge is 0.390 e. The van der Waals surface area contributed by atoms with E-state index in [1.807, 2.05) is 34.9 Å². The summed E-state index contributed by atoms with van der Waals surface area (Å²) in [5.41, 5.74) is 6.37. The highest BCUT2D eigenvalue weighted by atomic mass is 19.1. The molecule has 0 radical (unpaired) electrons. The minimum absolute atomic E-state index is 0.00608. The molecule has 2 saturated carbocycles. The zero-order valence-corrected chi connectivity index (χ0v) is 30.1. The van der Waals surface area contributed by atoms with Gasteiger partial charge in [0.05, 0.1) is 17.9 Å². The van der Waals surface area contributed by atoms with Crippen molar-refractivity contribution in [3.05, 3.63) is 87.3 Å². The van der Waals surface area contributed by atoms with Gasteiger partial charge in [-0.15, -0.1) is 0 Å². The summed E-state index contributed by atoms with van der Waals surface area (Å²) < 4.78 is 25.5. The van der Waals surface area contributed by atoms with E-state index in [1.165, 1.54) is 12.4 Å². The SMILES string of the molecule is CCCCOC1N=C(c2ccccc2-c2ccc(Cc3c(CCC)n4ncnc4n(C4CCC(CC(C)C5(O)CCC5)CC4)c3=O)c(F)c2)NO1. The Balaban J connectivity index is 1.14. The summed E-state index contributed by atoms with van der Waals surface area (Å²) in [4.78, 5) is 29.1. The molecular formula is C40H51FN6O4. The molecule has 11 heteroatoms. The molecule has 0 amide bonds. The summed E-state index contributed by atoms with van der Waals surface area (Å²) in [5, 5.41) is 15.4. The maximum Gasteiger partial charge on any atom is 0.282 e. The lowest BCUT2D eigenvalue weighted by atomic mass is 9.68. The molecule has 2 fully saturated rings. The fourth-order valence-corrected chi connectivity index (χ4v) is 8.25. The van der Waals surface area contributed by atoms with Crippen LogP contribution in [0, 0.1) is 17.7 Å². The molecule has 2 aliphatic carbocycles. The maximum atomic E-state index is 16.1. The third-order valence-electron chi connectivity index (χ3n) is 11.5. The molecule has 0 bridgehead atoms. The van der Waals surface area contributed by atoms with Crippen molar-refractivity contribution in [1.82, 2.24) is 24.6 Å². The Kier molecular flexibility index (Phi) is 10.7. The summed E-state index contributed by atoms with van der Waals surface area (Å²) >= 11 is 0. The van der Waals surface area contributed by atoms with Crippen molar-refractivity contribution in [3.8, 4) is 11.1 Å². The van der Waals surface area contributed by atoms with Gasteiger partial charge in [0.25, 0.3) is 12.0 Å². The van der Waals surface area contributed by atoms with E-state index in [4.69, 9.17) is 9.57 Å². The van der Waals surface area contributed by atoms with Crippen LogP contribution in [0.15, 0.2) is 58.6 Å². The quantitative estimate of drug-likeness (QED) is 0.133. The average molecular weight is 699 g/mol. The zero-order chi connectivity index (χ0) is 35.5. The molecule has 4 aromatic rings. The average Bonchev–Trinajstić information content (AvgIpc) is 3.81. The molecule has 1 aliphatic heterocycles. The normalized spacial score (nSPS) is 22.1. The van der Waals surface area contributed by atoms with E-state index in [1.54, 1.807) is 10.6 Å². The number of nitrogens with one attached hydrogen (secondary N) is 1. The Labute approximate surface area is 299 Å². The van der Waals surface area contributed by atoms with Crippen molar-refractivity contribution < 1.29 is 19.1 Å². The van der Waals surface area contributed by atoms with E-state index in [9.17, 15) is 9.90 Å². The number of aliphatic imine (C=N–C) groups is 1. The van der Waals surface area contributed by atoms with E-state index >= 15 is 4.39 Å². The number of aliphatic hydroxyl groups is 1. The number of hydrogen-bond donors (Lipinski definition) is 2. The number of hydroxylamine groups is 1. The van der Waals surface area contributed by atoms with E-state index in [0.717, 1.165) is 87.4 Å². The third-order valence-corrected chi connectivity index (χ3v) is 11.5. The summed E-state index contributed by atoms with van der Waals surface area (Å²) in [7, 11) is 0. The highest BCUT2D eigenvalue weighted by molar-refractivity contribution is 6.04. The lowest BCUT2D eigenvalue weighted by Gasteiger charge is -2.43. The van der Waals surface area contributed by atoms with Gasteiger partial charge in [-0.2, -0.15) is 10.1 Å². The van der Waals surface area contributed by atoms with E-state index in [0.29, 0.717) is 47.2 Å². The maximum absolute atomic E-state index is 16.1. The molecule has 2 aromatic carbocycles. The lowest BCUT2D eigenvalue weighted by molar-refractivity contribution is -0.144. The van der Waals surface area contributed by atoms with Crippen LogP contribution in [-0.2, 0) is 22.4 Å². The first-order valence-electron chi connectivity index (χ1n) is 19.0. The van der Waals surface area contributed by atoms with Crippen LogP contribution in [0.5, 0.6) is 0 Å². The van der Waals surface area contributed by atoms with Crippen LogP contribution in [-0.4, -0.2) is 48.7 Å². The van der Waals surface area contributed by atoms with Crippen LogP contribution in [0.4, 0.5) is 4.39 Å². The van der Waals surface area contributed by atoms with Gasteiger partial charge in [-0.3, -0.25) is 9.36 Å². The second-order valence-corrected chi connectivity index (χ2v) is 14.8. The first-order valence-corrected chi connectivity index (χ1v) is 19.0. The number of fused-ring (bicyclic) bond motifs is 1. The summed E-state index contributed by atoms with van der Waals surface area (Å²) in [6, 6.07) is 12.9. The van der Waals surface area contributed by atoms with Gasteiger partial charge in [0.2, 0.25) is 5.78 Å². The number of amidine groups is 1. The highest BCUT2D eigenvalue weighted by Gasteiger charge is 2.41. The molecule has 3 aliphatic rings. The van der Waals surface area contributed by atoms with Gasteiger partial charge in [-0.1, -0.05) is 70.0 Å². The van der Waals surface area contributed by atoms with Crippen LogP contribution in [0.2, 0.25) is 0 Å². The van der Waals surface area contributed by atoms with Crippen LogP contribution in [0.3, 0.4) is 0 Å². The van der Waals surface area contributed by atoms with E-state index in [-0.39, 0.29) is 29.8 Å². The van der Waals surface area contributed by atoms with Crippen LogP contribution < -0.4 is 11.0 Å². The molecule has 51 heavy (non-hydrogen) atoms. The number of unbranched alkanes of at least 4 members (excludes halogenated alkanes) is 1. The molecule has 2 atom stereocenters. The Bertz CT molecular complexity index is 1930. The van der Waals surface area contributed by atoms with Crippen LogP contribution >= 0.6 is 0 Å². The van der Waals surface area contributed by atoms with Crippen LogP contribution in [0.1, 0.15) is 120 Å². The number of rotatable bonds is 14. The molecular weight excluding hydrogens is 647 g/mol. The zero-order valence-electron chi connectivity index (χ0n) is 30.1. The topological polar surface area (TPSA) is 115 Å². The molecule has 0 saturated heterocycles. The number of hydrogen-bond acceptors (Lipinski definition) is 8. The number of aryl methyl sites for hydroxylation is 1. The van der Waals surface area contributed by atoms with E-state index in [2.05, 4.69) is 41.3 Å². The van der Waals surface area contributed by atoms with Crippen molar-refractivity contribution >= 4 is 11.6 Å². The Hall–Kier alpha value is -3.93. The molecule has 2 aromatic heterocycles. The monoisotopic (exact) mass is 698 g/mol. The minimum Gasteiger partial charge on any atom is -0.390 e. The predicted octanol–water partition coefficient (Wildman–Crippen LogP) is 7.29. The second-order valence-electron chi connectivity index (χ2n) is 14.8. The Morgan fingerprint density at radius 3 is 2.59 bits per heavy atom. The minimum atomic E-state index is -0.730. The Morgan fingerprint density at radius 1 is 1.10 bits per heavy atom. The van der Waals surface area contributed by atoms with Crippen molar-refractivity contribution in [3.63, 3.8) is 0 Å². The Morgan fingerprint density at radius 2 is 1.88 bits per heavy atom. The summed E-state index contributed by atoms with van der Waals surface area (Å²) in [6.45, 7) is 6.91. The fraction of sp³-hybridized carbons (Fsp3) is 0.550. The van der Waals surface area contributed by atoms with Crippen molar-refractivity contribution in [2.75, 3.05) is 6.61 Å². The number of benzene rings is 2. The second kappa shape index (κ2) is 15.4. The molecule has 0 spiro atoms. The van der Waals surface area contributed by atoms with Crippen molar-refractivity contribution in [2.24, 2.45) is 16.8 Å². The molecule has 2 unspecified atom stereocenters. The number of aromatic nitrogens is 4. The van der Waals surface area contributed by atoms with Gasteiger partial charge >= 0.3 is 0 Å². The summed E-state index contributed by atoms with van der Waals surface area (Å²) in [5.74, 6) is 1.53. The molecule has 10 nitrogen and oxygen atoms in total. The molecule has 3 heterocycles. The van der Waals surface area contributed by atoms with Gasteiger partial charge in [-0.25, -0.2) is 24.2 Å². The molecule has 2 N–H and O–H groups in total. The van der Waals surface area contributed by atoms with Crippen molar-refractivity contribution in [2.45, 2.75) is 122 Å². The standard InChI is InChI=1S/C40H51FN6O4/c1-4-6-21-50-39-44-36(45-51-39)32-12-8-7-11-31(32)28-15-16-29(34(41)24-28)23-33-35(10-5-2)47-38(42-25-43-47)46(37(33)48)30-17-13-27(14-18-30)22-26(3)40(49)19-9-20-40/h7-8,11-12,15-16,24-27,30,39,49H,4-6,9-10,13-14,17-23H2,1-3H3,(H,44,45). The van der Waals surface area contributed by atoms with Crippen molar-refractivity contribution in [1.29, 1.82) is 0 Å². The lowest BCUT2D eigenvalue weighted by Crippen LogP contribution is -2.44. The molecule has 272 valence electrons. The number of ether oxygens (including phenoxy) is 1. The summed E-state index contributed by atoms with van der Waals surface area (Å²) in [6.07, 6.45) is 12.0.